The van der Waals surface area contributed by atoms with Crippen LogP contribution in [-0.4, -0.2) is 62.0 Å². The van der Waals surface area contributed by atoms with Crippen molar-refractivity contribution in [3.8, 4) is 0 Å². The molecule has 2 fully saturated rings. The molecule has 0 aliphatic carbocycles. The van der Waals surface area contributed by atoms with E-state index >= 15 is 0 Å². The van der Waals surface area contributed by atoms with E-state index in [-0.39, 0.29) is 36.0 Å². The Morgan fingerprint density at radius 1 is 1.33 bits per heavy atom. The Hall–Kier alpha value is -0.860. The predicted octanol–water partition coefficient (Wildman–Crippen LogP) is 2.30. The minimum absolute atomic E-state index is 0. The zero-order valence-electron chi connectivity index (χ0n) is 15.4. The van der Waals surface area contributed by atoms with Crippen LogP contribution in [0.15, 0.2) is 24.3 Å². The van der Waals surface area contributed by atoms with Gasteiger partial charge < -0.3 is 10.2 Å². The van der Waals surface area contributed by atoms with Gasteiger partial charge >= 0.3 is 0 Å². The maximum absolute atomic E-state index is 13.2. The topological polar surface area (TPSA) is 69.7 Å². The molecule has 9 heteroatoms. The number of halogens is 2. The van der Waals surface area contributed by atoms with Crippen LogP contribution in [0.5, 0.6) is 0 Å². The summed E-state index contributed by atoms with van der Waals surface area (Å²) in [6, 6.07) is 7.52. The van der Waals surface area contributed by atoms with Crippen LogP contribution in [0.3, 0.4) is 0 Å². The number of rotatable bonds is 4. The van der Waals surface area contributed by atoms with E-state index in [0.29, 0.717) is 31.2 Å². The first-order valence-electron chi connectivity index (χ1n) is 9.17. The third-order valence-corrected chi connectivity index (χ3v) is 7.33. The first-order chi connectivity index (χ1) is 12.4. The number of hydrogen-bond acceptors (Lipinski definition) is 4. The van der Waals surface area contributed by atoms with E-state index in [1.165, 1.54) is 4.31 Å². The number of nitrogens with one attached hydrogen (secondary N) is 1. The van der Waals surface area contributed by atoms with E-state index in [1.807, 2.05) is 29.2 Å². The number of piperidine rings is 1. The first kappa shape index (κ1) is 22.4. The van der Waals surface area contributed by atoms with Crippen LogP contribution >= 0.6 is 24.0 Å². The van der Waals surface area contributed by atoms with Gasteiger partial charge in [0.15, 0.2) is 0 Å². The quantitative estimate of drug-likeness (QED) is 0.787. The lowest BCUT2D eigenvalue weighted by Gasteiger charge is -2.40. The normalized spacial score (nSPS) is 24.3. The number of amides is 1. The number of carbonyl (C=O) groups excluding carboxylic acids is 1. The minimum atomic E-state index is -3.26. The van der Waals surface area contributed by atoms with Crippen LogP contribution in [0.25, 0.3) is 0 Å². The molecule has 0 radical (unpaired) electrons. The molecule has 2 heterocycles. The van der Waals surface area contributed by atoms with Gasteiger partial charge in [0.25, 0.3) is 0 Å². The summed E-state index contributed by atoms with van der Waals surface area (Å²) >= 11 is 6.13. The Balaban J connectivity index is 0.00000261. The van der Waals surface area contributed by atoms with Gasteiger partial charge in [-0.15, -0.1) is 12.4 Å². The zero-order chi connectivity index (χ0) is 18.7. The lowest BCUT2D eigenvalue weighted by molar-refractivity contribution is -0.140. The number of hydrogen-bond donors (Lipinski definition) is 1. The number of benzene rings is 1. The van der Waals surface area contributed by atoms with Crippen LogP contribution < -0.4 is 5.32 Å². The molecule has 0 saturated carbocycles. The molecule has 152 valence electrons. The summed E-state index contributed by atoms with van der Waals surface area (Å²) in [5, 5.41) is 3.99. The third-order valence-electron chi connectivity index (χ3n) is 5.25. The van der Waals surface area contributed by atoms with E-state index in [4.69, 9.17) is 11.6 Å². The molecule has 27 heavy (non-hydrogen) atoms. The van der Waals surface area contributed by atoms with E-state index < -0.39 is 10.0 Å². The Labute approximate surface area is 172 Å². The Morgan fingerprint density at radius 2 is 2.11 bits per heavy atom. The van der Waals surface area contributed by atoms with Gasteiger partial charge in [-0.3, -0.25) is 4.79 Å². The highest BCUT2D eigenvalue weighted by molar-refractivity contribution is 7.89. The average molecular weight is 436 g/mol. The molecular weight excluding hydrogens is 409 g/mol. The fourth-order valence-corrected chi connectivity index (χ4v) is 5.17. The van der Waals surface area contributed by atoms with Crippen LogP contribution in [0.4, 0.5) is 0 Å². The maximum Gasteiger partial charge on any atom is 0.227 e. The molecule has 0 aromatic heterocycles. The summed E-state index contributed by atoms with van der Waals surface area (Å²) in [6.07, 6.45) is 1.46. The predicted molar refractivity (Wildman–Crippen MR) is 110 cm³/mol. The summed E-state index contributed by atoms with van der Waals surface area (Å²) in [6.45, 7) is 4.49. The molecule has 2 unspecified atom stereocenters. The monoisotopic (exact) mass is 435 g/mol. The standard InChI is InChI=1S/C18H26ClN3O3S.ClH/c1-2-26(24,25)21-9-4-6-15(13-21)18(23)22-10-8-20-12-17(22)14-5-3-7-16(19)11-14;/h3,5,7,11,15,17,20H,2,4,6,8-10,12-13H2,1H3;1H. The molecule has 2 aliphatic heterocycles. The highest BCUT2D eigenvalue weighted by Gasteiger charge is 2.36. The molecule has 1 aromatic rings. The largest absolute Gasteiger partial charge is 0.333 e. The number of nitrogens with zero attached hydrogens (tertiary/aromatic N) is 2. The van der Waals surface area contributed by atoms with Gasteiger partial charge in [0.2, 0.25) is 15.9 Å². The van der Waals surface area contributed by atoms with Crippen LogP contribution in [0.1, 0.15) is 31.4 Å². The minimum Gasteiger partial charge on any atom is -0.333 e. The average Bonchev–Trinajstić information content (AvgIpc) is 2.67. The molecule has 2 atom stereocenters. The van der Waals surface area contributed by atoms with E-state index in [2.05, 4.69) is 5.32 Å². The van der Waals surface area contributed by atoms with Gasteiger partial charge in [-0.25, -0.2) is 12.7 Å². The zero-order valence-corrected chi connectivity index (χ0v) is 17.8. The maximum atomic E-state index is 13.2. The highest BCUT2D eigenvalue weighted by atomic mass is 35.5. The van der Waals surface area contributed by atoms with Crippen molar-refractivity contribution in [1.29, 1.82) is 0 Å². The van der Waals surface area contributed by atoms with E-state index in [1.54, 1.807) is 6.92 Å². The fraction of sp³-hybridized carbons (Fsp3) is 0.611. The lowest BCUT2D eigenvalue weighted by atomic mass is 9.95. The lowest BCUT2D eigenvalue weighted by Crippen LogP contribution is -2.53. The number of sulfonamides is 1. The second kappa shape index (κ2) is 9.56. The number of carbonyl (C=O) groups is 1. The SMILES string of the molecule is CCS(=O)(=O)N1CCCC(C(=O)N2CCNCC2c2cccc(Cl)c2)C1.Cl. The van der Waals surface area contributed by atoms with Crippen molar-refractivity contribution in [1.82, 2.24) is 14.5 Å². The summed E-state index contributed by atoms with van der Waals surface area (Å²) < 4.78 is 25.9. The first-order valence-corrected chi connectivity index (χ1v) is 11.2. The van der Waals surface area contributed by atoms with E-state index in [9.17, 15) is 13.2 Å². The fourth-order valence-electron chi connectivity index (χ4n) is 3.79. The second-order valence-electron chi connectivity index (χ2n) is 6.90. The van der Waals surface area contributed by atoms with Gasteiger partial charge in [0, 0.05) is 37.7 Å². The molecule has 1 N–H and O–H groups in total. The van der Waals surface area contributed by atoms with Crippen LogP contribution in [0, 0.1) is 5.92 Å². The van der Waals surface area contributed by atoms with Crippen molar-refractivity contribution in [3.05, 3.63) is 34.9 Å². The van der Waals surface area contributed by atoms with Crippen molar-refractivity contribution in [2.24, 2.45) is 5.92 Å². The Kier molecular flexibility index (Phi) is 7.94. The van der Waals surface area contributed by atoms with Crippen LogP contribution in [-0.2, 0) is 14.8 Å². The second-order valence-corrected chi connectivity index (χ2v) is 9.60. The van der Waals surface area contributed by atoms with Gasteiger partial charge in [0.05, 0.1) is 17.7 Å². The van der Waals surface area contributed by atoms with Crippen molar-refractivity contribution in [2.45, 2.75) is 25.8 Å². The van der Waals surface area contributed by atoms with Gasteiger partial charge in [-0.1, -0.05) is 23.7 Å². The molecule has 2 saturated heterocycles. The number of piperazine rings is 1. The molecule has 0 spiro atoms. The van der Waals surface area contributed by atoms with Gasteiger partial charge in [0.1, 0.15) is 0 Å². The molecule has 1 amide bonds. The highest BCUT2D eigenvalue weighted by Crippen LogP contribution is 2.29. The summed E-state index contributed by atoms with van der Waals surface area (Å²) in [7, 11) is -3.26. The van der Waals surface area contributed by atoms with Gasteiger partial charge in [-0.05, 0) is 37.5 Å². The van der Waals surface area contributed by atoms with Crippen molar-refractivity contribution in [3.63, 3.8) is 0 Å². The van der Waals surface area contributed by atoms with Gasteiger partial charge in [-0.2, -0.15) is 0 Å². The van der Waals surface area contributed by atoms with Crippen molar-refractivity contribution >= 4 is 39.9 Å². The summed E-state index contributed by atoms with van der Waals surface area (Å²) in [5.41, 5.74) is 1.01. The molecule has 6 nitrogen and oxygen atoms in total. The molecule has 1 aromatic carbocycles. The summed E-state index contributed by atoms with van der Waals surface area (Å²) in [5.74, 6) is -0.149. The Bertz CT molecular complexity index is 760. The smallest absolute Gasteiger partial charge is 0.227 e. The van der Waals surface area contributed by atoms with Crippen molar-refractivity contribution in [2.75, 3.05) is 38.5 Å². The molecule has 0 bridgehead atoms. The van der Waals surface area contributed by atoms with E-state index in [0.717, 1.165) is 24.9 Å². The van der Waals surface area contributed by atoms with Crippen molar-refractivity contribution < 1.29 is 13.2 Å². The molecular formula is C18H27Cl2N3O3S. The Morgan fingerprint density at radius 3 is 2.81 bits per heavy atom. The van der Waals surface area contributed by atoms with Crippen LogP contribution in [0.2, 0.25) is 5.02 Å². The summed E-state index contributed by atoms with van der Waals surface area (Å²) in [4.78, 5) is 15.1. The molecule has 3 rings (SSSR count). The third kappa shape index (κ3) is 5.15. The molecule has 2 aliphatic rings.